The highest BCUT2D eigenvalue weighted by Crippen LogP contribution is 2.42. The Morgan fingerprint density at radius 1 is 1.25 bits per heavy atom. The summed E-state index contributed by atoms with van der Waals surface area (Å²) in [4.78, 5) is 57.7. The molecule has 3 N–H and O–H groups in total. The van der Waals surface area contributed by atoms with E-state index in [1.807, 2.05) is 43.1 Å². The average Bonchev–Trinajstić information content (AvgIpc) is 3.41. The first-order valence-corrected chi connectivity index (χ1v) is 13.0. The Labute approximate surface area is 218 Å². The van der Waals surface area contributed by atoms with Crippen LogP contribution < -0.4 is 16.0 Å². The van der Waals surface area contributed by atoms with Crippen LogP contribution in [0.3, 0.4) is 0 Å². The lowest BCUT2D eigenvalue weighted by atomic mass is 9.97. The molecule has 0 unspecified atom stereocenters. The maximum atomic E-state index is 14.0. The summed E-state index contributed by atoms with van der Waals surface area (Å²) in [5.74, 6) is -2.62. The molecule has 3 heterocycles. The maximum absolute atomic E-state index is 14.0. The van der Waals surface area contributed by atoms with Crippen molar-refractivity contribution in [2.24, 2.45) is 11.7 Å². The fraction of sp³-hybridized carbons (Fsp3) is 0.458. The molecule has 0 aliphatic carbocycles. The number of thiazole rings is 1. The molecule has 1 fully saturated rings. The molecule has 4 amide bonds. The van der Waals surface area contributed by atoms with E-state index in [0.29, 0.717) is 18.7 Å². The van der Waals surface area contributed by atoms with Crippen LogP contribution in [0.4, 0.5) is 5.00 Å². The van der Waals surface area contributed by atoms with Gasteiger partial charge in [0.1, 0.15) is 11.0 Å². The fourth-order valence-electron chi connectivity index (χ4n) is 4.44. The summed E-state index contributed by atoms with van der Waals surface area (Å²) < 4.78 is 0. The first-order chi connectivity index (χ1) is 17.1. The molecule has 192 valence electrons. The predicted octanol–water partition coefficient (Wildman–Crippen LogP) is 2.48. The molecule has 1 aromatic carbocycles. The summed E-state index contributed by atoms with van der Waals surface area (Å²) in [6.45, 7) is 6.97. The molecule has 10 nitrogen and oxygen atoms in total. The Balaban J connectivity index is 1.85. The number of amides is 4. The number of anilines is 1. The number of aromatic nitrogens is 1. The van der Waals surface area contributed by atoms with Gasteiger partial charge in [-0.3, -0.25) is 29.1 Å². The second kappa shape index (κ2) is 10.5. The smallest absolute Gasteiger partial charge is 0.280 e. The topological polar surface area (TPSA) is 129 Å². The minimum Gasteiger partial charge on any atom is -0.369 e. The summed E-state index contributed by atoms with van der Waals surface area (Å²) in [5, 5.41) is 6.59. The molecule has 2 aromatic rings. The molecule has 12 heteroatoms. The Hall–Kier alpha value is -3.02. The molecule has 2 aliphatic rings. The number of carbonyl (C=O) groups excluding carboxylic acids is 4. The Morgan fingerprint density at radius 3 is 2.67 bits per heavy atom. The van der Waals surface area contributed by atoms with E-state index < -0.39 is 29.7 Å². The minimum atomic E-state index is -1.05. The molecule has 0 bridgehead atoms. The van der Waals surface area contributed by atoms with Crippen molar-refractivity contribution in [3.05, 3.63) is 45.6 Å². The van der Waals surface area contributed by atoms with Gasteiger partial charge in [-0.1, -0.05) is 54.1 Å². The van der Waals surface area contributed by atoms with Crippen molar-refractivity contribution in [2.45, 2.75) is 52.2 Å². The van der Waals surface area contributed by atoms with E-state index in [9.17, 15) is 19.2 Å². The van der Waals surface area contributed by atoms with E-state index in [1.54, 1.807) is 11.9 Å². The summed E-state index contributed by atoms with van der Waals surface area (Å²) in [6, 6.07) is 6.28. The molecular weight excluding hydrogens is 504 g/mol. The van der Waals surface area contributed by atoms with Crippen LogP contribution in [-0.2, 0) is 20.9 Å². The van der Waals surface area contributed by atoms with Gasteiger partial charge >= 0.3 is 0 Å². The van der Waals surface area contributed by atoms with Gasteiger partial charge in [-0.15, -0.1) is 0 Å². The van der Waals surface area contributed by atoms with Crippen LogP contribution in [0, 0.1) is 5.92 Å². The maximum Gasteiger partial charge on any atom is 0.280 e. The monoisotopic (exact) mass is 532 g/mol. The lowest BCUT2D eigenvalue weighted by Gasteiger charge is -2.33. The lowest BCUT2D eigenvalue weighted by Crippen LogP contribution is -2.47. The number of carbonyl (C=O) groups is 4. The first kappa shape index (κ1) is 26.1. The van der Waals surface area contributed by atoms with Crippen molar-refractivity contribution >= 4 is 51.6 Å². The molecule has 1 aromatic heterocycles. The average molecular weight is 533 g/mol. The SMILES string of the molecule is CC(C)NC(=O)c1nc(Cl)c(N(C(=O)C[C@@H](C)C(N)=O)[C@@H]2C(=O)N3CCCN3Cc3ccccc32)s1. The molecule has 0 saturated carbocycles. The van der Waals surface area contributed by atoms with Gasteiger partial charge in [0.25, 0.3) is 11.8 Å². The highest BCUT2D eigenvalue weighted by atomic mass is 35.5. The van der Waals surface area contributed by atoms with E-state index >= 15 is 0 Å². The van der Waals surface area contributed by atoms with Crippen LogP contribution in [0.1, 0.15) is 60.6 Å². The molecule has 4 rings (SSSR count). The normalized spacial score (nSPS) is 18.4. The van der Waals surface area contributed by atoms with Crippen LogP contribution in [0.2, 0.25) is 5.15 Å². The standard InChI is InChI=1S/C24H29ClN6O4S/c1-13(2)27-21(34)22-28-19(25)24(36-22)31(17(32)11-14(3)20(26)33)18-16-8-5-4-7-15(16)12-29-9-6-10-30(29)23(18)35/h4-5,7-8,13-14,18H,6,9-12H2,1-3H3,(H2,26,33)(H,27,34)/t14-,18+/m1/s1. The summed E-state index contributed by atoms with van der Waals surface area (Å²) in [5.41, 5.74) is 7.00. The second-order valence-corrected chi connectivity index (χ2v) is 10.7. The number of nitrogens with one attached hydrogen (secondary N) is 1. The number of nitrogens with two attached hydrogens (primary N) is 1. The number of benzene rings is 1. The van der Waals surface area contributed by atoms with E-state index in [4.69, 9.17) is 17.3 Å². The number of hydrogen-bond acceptors (Lipinski definition) is 7. The third-order valence-electron chi connectivity index (χ3n) is 6.21. The van der Waals surface area contributed by atoms with Gasteiger partial charge in [0.15, 0.2) is 10.2 Å². The Morgan fingerprint density at radius 2 is 1.97 bits per heavy atom. The van der Waals surface area contributed by atoms with Crippen molar-refractivity contribution in [2.75, 3.05) is 18.0 Å². The Kier molecular flexibility index (Phi) is 7.62. The number of hydrogen-bond donors (Lipinski definition) is 2. The molecule has 36 heavy (non-hydrogen) atoms. The molecule has 2 atom stereocenters. The zero-order chi connectivity index (χ0) is 26.1. The van der Waals surface area contributed by atoms with Crippen LogP contribution in [-0.4, -0.2) is 57.8 Å². The highest BCUT2D eigenvalue weighted by Gasteiger charge is 2.44. The third kappa shape index (κ3) is 5.09. The second-order valence-electron chi connectivity index (χ2n) is 9.32. The van der Waals surface area contributed by atoms with Crippen molar-refractivity contribution in [3.8, 4) is 0 Å². The third-order valence-corrected chi connectivity index (χ3v) is 7.64. The summed E-state index contributed by atoms with van der Waals surface area (Å²) in [6.07, 6.45) is 0.584. The van der Waals surface area contributed by atoms with Gasteiger partial charge in [-0.25, -0.2) is 9.99 Å². The van der Waals surface area contributed by atoms with Crippen molar-refractivity contribution in [1.29, 1.82) is 0 Å². The van der Waals surface area contributed by atoms with E-state index in [0.717, 1.165) is 29.9 Å². The number of halogens is 1. The van der Waals surface area contributed by atoms with Crippen molar-refractivity contribution < 1.29 is 19.2 Å². The van der Waals surface area contributed by atoms with Crippen LogP contribution >= 0.6 is 22.9 Å². The number of primary amides is 1. The fourth-order valence-corrected chi connectivity index (χ4v) is 5.69. The van der Waals surface area contributed by atoms with E-state index in [-0.39, 0.29) is 33.5 Å². The number of hydrazine groups is 1. The molecule has 2 aliphatic heterocycles. The minimum absolute atomic E-state index is 0.0678. The van der Waals surface area contributed by atoms with Gasteiger partial charge in [-0.2, -0.15) is 0 Å². The number of rotatable bonds is 7. The van der Waals surface area contributed by atoms with E-state index in [2.05, 4.69) is 10.3 Å². The largest absolute Gasteiger partial charge is 0.369 e. The lowest BCUT2D eigenvalue weighted by molar-refractivity contribution is -0.146. The Bertz CT molecular complexity index is 1200. The summed E-state index contributed by atoms with van der Waals surface area (Å²) >= 11 is 7.44. The zero-order valence-electron chi connectivity index (χ0n) is 20.4. The van der Waals surface area contributed by atoms with Crippen LogP contribution in [0.5, 0.6) is 0 Å². The molecule has 0 radical (unpaired) electrons. The van der Waals surface area contributed by atoms with Crippen LogP contribution in [0.15, 0.2) is 24.3 Å². The quantitative estimate of drug-likeness (QED) is 0.563. The van der Waals surface area contributed by atoms with Gasteiger partial charge in [0.2, 0.25) is 11.8 Å². The van der Waals surface area contributed by atoms with Gasteiger partial charge in [-0.05, 0) is 31.4 Å². The highest BCUT2D eigenvalue weighted by molar-refractivity contribution is 7.18. The predicted molar refractivity (Wildman–Crippen MR) is 136 cm³/mol. The van der Waals surface area contributed by atoms with Crippen LogP contribution in [0.25, 0.3) is 0 Å². The van der Waals surface area contributed by atoms with Crippen molar-refractivity contribution in [1.82, 2.24) is 20.3 Å². The molecule has 1 saturated heterocycles. The van der Waals surface area contributed by atoms with Gasteiger partial charge in [0.05, 0.1) is 0 Å². The molecular formula is C24H29ClN6O4S. The first-order valence-electron chi connectivity index (χ1n) is 11.8. The number of fused-ring (bicyclic) bond motifs is 2. The summed E-state index contributed by atoms with van der Waals surface area (Å²) in [7, 11) is 0. The molecule has 0 spiro atoms. The number of nitrogens with zero attached hydrogens (tertiary/aromatic N) is 4. The van der Waals surface area contributed by atoms with Crippen molar-refractivity contribution in [3.63, 3.8) is 0 Å². The van der Waals surface area contributed by atoms with E-state index in [1.165, 1.54) is 4.90 Å². The zero-order valence-corrected chi connectivity index (χ0v) is 21.9. The van der Waals surface area contributed by atoms with Gasteiger partial charge < -0.3 is 11.1 Å². The van der Waals surface area contributed by atoms with Gasteiger partial charge in [0, 0.05) is 38.0 Å².